The van der Waals surface area contributed by atoms with Gasteiger partial charge in [0.15, 0.2) is 0 Å². The lowest BCUT2D eigenvalue weighted by Crippen LogP contribution is -2.56. The molecule has 0 atom stereocenters. The molecule has 0 heterocycles. The van der Waals surface area contributed by atoms with Crippen LogP contribution in [0.4, 0.5) is 0 Å². The van der Waals surface area contributed by atoms with Gasteiger partial charge in [0.25, 0.3) is 0 Å². The van der Waals surface area contributed by atoms with Crippen molar-refractivity contribution in [1.29, 1.82) is 0 Å². The molecule has 0 nitrogen and oxygen atoms in total. The Morgan fingerprint density at radius 1 is 0.100 bits per heavy atom. The molecule has 0 bridgehead atoms. The average Bonchev–Trinajstić information content (AvgIpc) is 3.21. The van der Waals surface area contributed by atoms with E-state index in [1.807, 2.05) is 0 Å². The van der Waals surface area contributed by atoms with Crippen molar-refractivity contribution in [2.24, 2.45) is 0 Å². The minimum absolute atomic E-state index is 0.000353. The summed E-state index contributed by atoms with van der Waals surface area (Å²) in [4.78, 5) is 0. The first-order valence-corrected chi connectivity index (χ1v) is 17.4. The number of hydrogen-bond donors (Lipinski definition) is 0. The number of fused-ring (bicyclic) bond motifs is 3. The Balaban J connectivity index is 1.87. The second-order valence-electron chi connectivity index (χ2n) is 14.4. The van der Waals surface area contributed by atoms with Crippen molar-refractivity contribution in [2.75, 3.05) is 0 Å². The van der Waals surface area contributed by atoms with Gasteiger partial charge in [-0.1, -0.05) is 76.5 Å². The predicted octanol–water partition coefficient (Wildman–Crippen LogP) is -18.8. The average molecular weight is 692 g/mol. The normalized spacial score (nSPS) is 11.6. The Hall–Kier alpha value is -3.12. The molecule has 7 aromatic rings. The maximum absolute atomic E-state index is 7.21. The second kappa shape index (κ2) is 15.3. The van der Waals surface area contributed by atoms with Gasteiger partial charge < -0.3 is 0 Å². The van der Waals surface area contributed by atoms with E-state index in [2.05, 4.69) is 0 Å². The molecule has 0 unspecified atom stereocenters. The van der Waals surface area contributed by atoms with Crippen LogP contribution in [0.3, 0.4) is 0 Å². The summed E-state index contributed by atoms with van der Waals surface area (Å²) in [5.74, 6) is 0. The van der Waals surface area contributed by atoms with E-state index >= 15 is 0 Å². The lowest BCUT2D eigenvalue weighted by atomic mass is 9.55. The van der Waals surface area contributed by atoms with E-state index in [4.69, 9.17) is 188 Å². The number of hydrogen-bond acceptors (Lipinski definition) is 0. The first-order valence-electron chi connectivity index (χ1n) is 17.4. The van der Waals surface area contributed by atoms with Crippen molar-refractivity contribution in [3.63, 3.8) is 0 Å². The highest BCUT2D eigenvalue weighted by molar-refractivity contribution is 6.76. The van der Waals surface area contributed by atoms with Crippen LogP contribution in [0.25, 0.3) is 65.7 Å². The van der Waals surface area contributed by atoms with Gasteiger partial charge in [0.1, 0.15) is 188 Å². The molecule has 7 aromatic carbocycles. The van der Waals surface area contributed by atoms with Gasteiger partial charge in [0.05, 0.1) is 0 Å². The smallest absolute Gasteiger partial charge is 0.112 e. The standard InChI is InChI=1S/C36B24/c37-13-7(19(43)21(45)11-9(13)14(38)10(20(44)22(11)46)12-25(49)33(57)36(60)34(58)26(12)50)1-3-5(17(41)29(53)27(51)15(3)39)2(6-4(1)16(40)28(52)30(54)18(6)42)8-23(47)31(55)35(59)32(56)24(8)48. The minimum Gasteiger partial charge on any atom is -0.112 e. The monoisotopic (exact) mass is 696 g/mol. The van der Waals surface area contributed by atoms with Crippen LogP contribution >= 0.6 is 0 Å². The zero-order chi connectivity index (χ0) is 44.8. The van der Waals surface area contributed by atoms with Crippen LogP contribution in [0.2, 0.25) is 0 Å². The Morgan fingerprint density at radius 2 is 0.233 bits per heavy atom. The molecule has 0 amide bonds. The van der Waals surface area contributed by atoms with E-state index in [1.54, 1.807) is 0 Å². The molecule has 0 aliphatic heterocycles. The summed E-state index contributed by atoms with van der Waals surface area (Å²) in [7, 11) is 159. The van der Waals surface area contributed by atoms with Crippen LogP contribution in [0.15, 0.2) is 0 Å². The molecule has 0 aromatic heterocycles. The maximum Gasteiger partial charge on any atom is 0.115 e. The molecule has 0 fully saturated rings. The topological polar surface area (TPSA) is 0 Å². The lowest BCUT2D eigenvalue weighted by Gasteiger charge is -2.33. The maximum atomic E-state index is 7.21. The molecule has 0 aliphatic rings. The van der Waals surface area contributed by atoms with Crippen LogP contribution < -0.4 is 131 Å². The second-order valence-corrected chi connectivity index (χ2v) is 14.4. The van der Waals surface area contributed by atoms with Crippen molar-refractivity contribution in [3.8, 4) is 33.4 Å². The van der Waals surface area contributed by atoms with Crippen LogP contribution in [-0.4, -0.2) is 188 Å². The van der Waals surface area contributed by atoms with E-state index in [0.717, 1.165) is 0 Å². The van der Waals surface area contributed by atoms with Crippen molar-refractivity contribution in [3.05, 3.63) is 0 Å². The van der Waals surface area contributed by atoms with E-state index in [0.29, 0.717) is 0 Å². The first-order chi connectivity index (χ1) is 27.9. The predicted molar refractivity (Wildman–Crippen MR) is 285 cm³/mol. The fourth-order valence-electron chi connectivity index (χ4n) is 8.13. The van der Waals surface area contributed by atoms with Gasteiger partial charge in [-0.3, -0.25) is 0 Å². The van der Waals surface area contributed by atoms with E-state index < -0.39 is 0 Å². The zero-order valence-electron chi connectivity index (χ0n) is 31.9. The van der Waals surface area contributed by atoms with Gasteiger partial charge >= 0.3 is 0 Å². The van der Waals surface area contributed by atoms with Gasteiger partial charge in [-0.05, 0) is 65.7 Å². The Bertz CT molecular complexity index is 3050. The SMILES string of the molecule is [B]c1c([B])c([B])c(-c2c([B])c([B])c3c([B])c([B])c(-c4c5c([B])c([B])c([B])c([B])c5c(-c5c([B])c([B])c([B])c([B])c5[B])c5c([B])c([B])c([B])c([B])c45)c([B])c3c2[B])c([B])c1[B]. The third-order valence-corrected chi connectivity index (χ3v) is 11.5. The quantitative estimate of drug-likeness (QED) is 0.128. The van der Waals surface area contributed by atoms with Crippen molar-refractivity contribution >= 4 is 352 Å². The van der Waals surface area contributed by atoms with Crippen molar-refractivity contribution in [1.82, 2.24) is 0 Å². The van der Waals surface area contributed by atoms with E-state index in [-0.39, 0.29) is 197 Å². The molecular formula is C36B24. The molecular weight excluding hydrogens is 692 g/mol. The van der Waals surface area contributed by atoms with Gasteiger partial charge in [0, 0.05) is 0 Å². The summed E-state index contributed by atoms with van der Waals surface area (Å²) in [6, 6.07) is 0. The molecule has 7 rings (SSSR count). The van der Waals surface area contributed by atoms with Crippen LogP contribution in [0.5, 0.6) is 0 Å². The molecule has 0 spiro atoms. The summed E-state index contributed by atoms with van der Waals surface area (Å²) in [6.07, 6.45) is 0. The van der Waals surface area contributed by atoms with Crippen LogP contribution in [0, 0.1) is 0 Å². The fourth-order valence-corrected chi connectivity index (χ4v) is 8.13. The molecule has 0 saturated carbocycles. The number of benzene rings is 7. The molecule has 0 N–H and O–H groups in total. The van der Waals surface area contributed by atoms with Crippen molar-refractivity contribution in [2.45, 2.75) is 0 Å². The Morgan fingerprint density at radius 3 is 0.500 bits per heavy atom. The molecule has 24 heteroatoms. The van der Waals surface area contributed by atoms with Gasteiger partial charge in [-0.15, -0.1) is 54.6 Å². The van der Waals surface area contributed by atoms with Gasteiger partial charge in [-0.25, -0.2) is 0 Å². The largest absolute Gasteiger partial charge is 0.115 e. The lowest BCUT2D eigenvalue weighted by molar-refractivity contribution is 1.85. The van der Waals surface area contributed by atoms with E-state index in [9.17, 15) is 0 Å². The first kappa shape index (κ1) is 44.9. The Labute approximate surface area is 382 Å². The zero-order valence-corrected chi connectivity index (χ0v) is 31.9. The van der Waals surface area contributed by atoms with Crippen molar-refractivity contribution < 1.29 is 0 Å². The highest BCUT2D eigenvalue weighted by Crippen LogP contribution is 2.39. The summed E-state index contributed by atoms with van der Waals surface area (Å²) < 4.78 is 0. The minimum atomic E-state index is -0.185. The summed E-state index contributed by atoms with van der Waals surface area (Å²) in [5.41, 5.74) is -3.23. The molecule has 60 heavy (non-hydrogen) atoms. The molecule has 48 radical (unpaired) electrons. The van der Waals surface area contributed by atoms with Crippen LogP contribution in [0.1, 0.15) is 0 Å². The summed E-state index contributed by atoms with van der Waals surface area (Å²) >= 11 is 0. The van der Waals surface area contributed by atoms with Gasteiger partial charge in [-0.2, -0.15) is 0 Å². The summed E-state index contributed by atoms with van der Waals surface area (Å²) in [6.45, 7) is 0. The van der Waals surface area contributed by atoms with E-state index in [1.165, 1.54) is 0 Å². The third-order valence-electron chi connectivity index (χ3n) is 11.5. The molecule has 0 saturated heterocycles. The fraction of sp³-hybridized carbons (Fsp3) is 0. The van der Waals surface area contributed by atoms with Gasteiger partial charge in [0.2, 0.25) is 0 Å². The number of rotatable bonds is 3. The molecule has 216 valence electrons. The highest BCUT2D eigenvalue weighted by atomic mass is 14.3. The highest BCUT2D eigenvalue weighted by Gasteiger charge is 2.29. The molecule has 0 aliphatic carbocycles. The third kappa shape index (κ3) is 5.86. The Kier molecular flexibility index (Phi) is 11.5. The van der Waals surface area contributed by atoms with Crippen LogP contribution in [-0.2, 0) is 0 Å². The summed E-state index contributed by atoms with van der Waals surface area (Å²) in [5, 5.41) is 0.181.